The second-order valence-electron chi connectivity index (χ2n) is 4.96. The second-order valence-corrected chi connectivity index (χ2v) is 6.50. The molecule has 1 rings (SSSR count). The molecule has 0 aromatic heterocycles. The number of ether oxygens (including phenoxy) is 2. The van der Waals surface area contributed by atoms with Gasteiger partial charge in [0.25, 0.3) is 0 Å². The highest BCUT2D eigenvalue weighted by molar-refractivity contribution is 7.88. The predicted octanol–water partition coefficient (Wildman–Crippen LogP) is 3.44. The molecule has 0 aliphatic carbocycles. The molecule has 0 bridgehead atoms. The molecule has 1 aromatic rings. The van der Waals surface area contributed by atoms with Crippen LogP contribution in [-0.4, -0.2) is 33.6 Å². The van der Waals surface area contributed by atoms with E-state index < -0.39 is 44.8 Å². The number of hydrogen-bond acceptors (Lipinski definition) is 6. The lowest BCUT2D eigenvalue weighted by molar-refractivity contribution is -0.143. The van der Waals surface area contributed by atoms with Crippen LogP contribution in [0.2, 0.25) is 0 Å². The molecule has 0 heterocycles. The lowest BCUT2D eigenvalue weighted by atomic mass is 10.0. The fourth-order valence-electron chi connectivity index (χ4n) is 1.94. The number of rotatable bonds is 7. The summed E-state index contributed by atoms with van der Waals surface area (Å²) in [6.07, 6.45) is -5.84. The third kappa shape index (κ3) is 5.91. The molecule has 6 nitrogen and oxygen atoms in total. The topological polar surface area (TPSA) is 78.9 Å². The van der Waals surface area contributed by atoms with E-state index in [0.717, 1.165) is 13.2 Å². The van der Waals surface area contributed by atoms with Gasteiger partial charge in [-0.05, 0) is 31.0 Å². The van der Waals surface area contributed by atoms with Crippen LogP contribution in [0.15, 0.2) is 12.1 Å². The van der Waals surface area contributed by atoms with Gasteiger partial charge in [0.05, 0.1) is 13.7 Å². The number of halogens is 6. The van der Waals surface area contributed by atoms with Crippen molar-refractivity contribution in [1.82, 2.24) is 0 Å². The van der Waals surface area contributed by atoms with Crippen molar-refractivity contribution in [3.63, 3.8) is 0 Å². The Hall–Kier alpha value is -2.18. The standard InChI is InChI=1S/C14H14F6O6S/c1-3-25-11(21)5-4-8-6-9(24-2)12(13(15,16)17)10(7-8)26-27(22,23)14(18,19)20/h6-7H,3-5H2,1-2H3. The Bertz CT molecular complexity index is 785. The summed E-state index contributed by atoms with van der Waals surface area (Å²) in [5, 5.41) is 0. The summed E-state index contributed by atoms with van der Waals surface area (Å²) in [6, 6.07) is 1.27. The molecular weight excluding hydrogens is 410 g/mol. The summed E-state index contributed by atoms with van der Waals surface area (Å²) in [5.41, 5.74) is -7.90. The van der Waals surface area contributed by atoms with Gasteiger partial charge in [-0.3, -0.25) is 4.79 Å². The monoisotopic (exact) mass is 424 g/mol. The van der Waals surface area contributed by atoms with Crippen molar-refractivity contribution in [1.29, 1.82) is 0 Å². The molecule has 0 atom stereocenters. The van der Waals surface area contributed by atoms with E-state index in [1.165, 1.54) is 6.92 Å². The minimum atomic E-state index is -6.36. The van der Waals surface area contributed by atoms with Crippen LogP contribution in [-0.2, 0) is 32.2 Å². The van der Waals surface area contributed by atoms with E-state index >= 15 is 0 Å². The van der Waals surface area contributed by atoms with Crippen molar-refractivity contribution in [3.05, 3.63) is 23.3 Å². The number of carbonyl (C=O) groups is 1. The molecule has 0 fully saturated rings. The van der Waals surface area contributed by atoms with Crippen LogP contribution in [0.3, 0.4) is 0 Å². The van der Waals surface area contributed by atoms with Gasteiger partial charge in [0.2, 0.25) is 0 Å². The molecule has 1 aromatic carbocycles. The molecule has 0 unspecified atom stereocenters. The fourth-order valence-corrected chi connectivity index (χ4v) is 2.40. The van der Waals surface area contributed by atoms with Gasteiger partial charge in [-0.25, -0.2) is 0 Å². The largest absolute Gasteiger partial charge is 0.534 e. The molecule has 0 amide bonds. The van der Waals surface area contributed by atoms with E-state index in [0.29, 0.717) is 6.07 Å². The number of hydrogen-bond donors (Lipinski definition) is 0. The van der Waals surface area contributed by atoms with Crippen molar-refractivity contribution in [2.45, 2.75) is 31.5 Å². The summed E-state index contributed by atoms with van der Waals surface area (Å²) in [4.78, 5) is 11.3. The Morgan fingerprint density at radius 3 is 2.07 bits per heavy atom. The minimum absolute atomic E-state index is 0.0490. The van der Waals surface area contributed by atoms with Crippen molar-refractivity contribution >= 4 is 16.1 Å². The van der Waals surface area contributed by atoms with Crippen molar-refractivity contribution < 1.29 is 53.2 Å². The first-order chi connectivity index (χ1) is 12.2. The molecule has 27 heavy (non-hydrogen) atoms. The van der Waals surface area contributed by atoms with E-state index in [9.17, 15) is 39.6 Å². The zero-order valence-electron chi connectivity index (χ0n) is 13.9. The maximum Gasteiger partial charge on any atom is 0.534 e. The van der Waals surface area contributed by atoms with E-state index in [2.05, 4.69) is 13.7 Å². The molecule has 0 spiro atoms. The summed E-state index contributed by atoms with van der Waals surface area (Å²) in [6.45, 7) is 1.57. The molecular formula is C14H14F6O6S. The summed E-state index contributed by atoms with van der Waals surface area (Å²) in [5.74, 6) is -3.28. The average Bonchev–Trinajstić information content (AvgIpc) is 2.50. The fraction of sp³-hybridized carbons (Fsp3) is 0.500. The van der Waals surface area contributed by atoms with Crippen LogP contribution < -0.4 is 8.92 Å². The first-order valence-electron chi connectivity index (χ1n) is 7.17. The Kier molecular flexibility index (Phi) is 6.97. The van der Waals surface area contributed by atoms with E-state index in [1.54, 1.807) is 0 Å². The van der Waals surface area contributed by atoms with E-state index in [4.69, 9.17) is 0 Å². The number of methoxy groups -OCH3 is 1. The summed E-state index contributed by atoms with van der Waals surface area (Å²) >= 11 is 0. The third-order valence-corrected chi connectivity index (χ3v) is 4.00. The molecule has 0 saturated carbocycles. The predicted molar refractivity (Wildman–Crippen MR) is 78.6 cm³/mol. The Labute approximate surface area is 150 Å². The molecule has 0 aliphatic rings. The number of alkyl halides is 6. The molecule has 0 aliphatic heterocycles. The lowest BCUT2D eigenvalue weighted by Gasteiger charge is -2.19. The number of carbonyl (C=O) groups excluding carboxylic acids is 1. The van der Waals surface area contributed by atoms with Crippen molar-refractivity contribution in [3.8, 4) is 11.5 Å². The molecule has 0 N–H and O–H groups in total. The van der Waals surface area contributed by atoms with E-state index in [1.807, 2.05) is 0 Å². The van der Waals surface area contributed by atoms with E-state index in [-0.39, 0.29) is 25.0 Å². The highest BCUT2D eigenvalue weighted by atomic mass is 32.2. The van der Waals surface area contributed by atoms with Gasteiger partial charge >= 0.3 is 27.8 Å². The molecule has 0 saturated heterocycles. The zero-order valence-corrected chi connectivity index (χ0v) is 14.7. The quantitative estimate of drug-likeness (QED) is 0.289. The molecule has 13 heteroatoms. The zero-order chi connectivity index (χ0) is 21.0. The number of benzene rings is 1. The maximum atomic E-state index is 13.2. The second kappa shape index (κ2) is 8.23. The Morgan fingerprint density at radius 1 is 1.07 bits per heavy atom. The van der Waals surface area contributed by atoms with Gasteiger partial charge in [-0.15, -0.1) is 0 Å². The smallest absolute Gasteiger partial charge is 0.496 e. The number of aryl methyl sites for hydroxylation is 1. The van der Waals surface area contributed by atoms with Crippen LogP contribution in [0.5, 0.6) is 11.5 Å². The first kappa shape index (κ1) is 22.9. The van der Waals surface area contributed by atoms with Crippen LogP contribution in [0.1, 0.15) is 24.5 Å². The van der Waals surface area contributed by atoms with Crippen LogP contribution >= 0.6 is 0 Å². The lowest BCUT2D eigenvalue weighted by Crippen LogP contribution is -2.29. The van der Waals surface area contributed by atoms with Gasteiger partial charge in [-0.2, -0.15) is 34.8 Å². The van der Waals surface area contributed by atoms with Crippen molar-refractivity contribution in [2.24, 2.45) is 0 Å². The SMILES string of the molecule is CCOC(=O)CCc1cc(OC)c(C(F)(F)F)c(OS(=O)(=O)C(F)(F)F)c1. The normalized spacial score (nSPS) is 12.6. The summed E-state index contributed by atoms with van der Waals surface area (Å²) in [7, 11) is -5.56. The highest BCUT2D eigenvalue weighted by Gasteiger charge is 2.50. The minimum Gasteiger partial charge on any atom is -0.496 e. The third-order valence-electron chi connectivity index (χ3n) is 3.04. The van der Waals surface area contributed by atoms with Gasteiger partial charge in [-0.1, -0.05) is 0 Å². The first-order valence-corrected chi connectivity index (χ1v) is 8.58. The number of esters is 1. The van der Waals surface area contributed by atoms with Gasteiger partial charge in [0.15, 0.2) is 5.75 Å². The van der Waals surface area contributed by atoms with Crippen LogP contribution in [0, 0.1) is 0 Å². The van der Waals surface area contributed by atoms with Crippen molar-refractivity contribution in [2.75, 3.05) is 13.7 Å². The van der Waals surface area contributed by atoms with Gasteiger partial charge < -0.3 is 13.7 Å². The average molecular weight is 424 g/mol. The van der Waals surface area contributed by atoms with Gasteiger partial charge in [0, 0.05) is 6.42 Å². The van der Waals surface area contributed by atoms with Gasteiger partial charge in [0.1, 0.15) is 11.3 Å². The van der Waals surface area contributed by atoms with Crippen LogP contribution in [0.25, 0.3) is 0 Å². The maximum absolute atomic E-state index is 13.2. The summed E-state index contributed by atoms with van der Waals surface area (Å²) < 4.78 is 112. The Morgan fingerprint density at radius 2 is 1.63 bits per heavy atom. The highest BCUT2D eigenvalue weighted by Crippen LogP contribution is 2.44. The van der Waals surface area contributed by atoms with Crippen LogP contribution in [0.4, 0.5) is 26.3 Å². The molecule has 154 valence electrons. The molecule has 0 radical (unpaired) electrons. The Balaban J connectivity index is 3.43.